The van der Waals surface area contributed by atoms with Crippen molar-refractivity contribution in [1.29, 1.82) is 0 Å². The molecule has 1 amide bonds. The molecule has 132 valence electrons. The van der Waals surface area contributed by atoms with Gasteiger partial charge in [-0.15, -0.1) is 0 Å². The molecule has 2 rings (SSSR count). The Morgan fingerprint density at radius 2 is 1.96 bits per heavy atom. The fraction of sp³-hybridized carbons (Fsp3) is 0.143. The second-order valence-electron chi connectivity index (χ2n) is 4.73. The van der Waals surface area contributed by atoms with Gasteiger partial charge in [-0.05, 0) is 50.1 Å². The molecule has 25 heavy (non-hydrogen) atoms. The van der Waals surface area contributed by atoms with Gasteiger partial charge < -0.3 is 10.4 Å². The molecular formula is C14H9Br2ClFN3O4. The molecule has 1 aromatic heterocycles. The summed E-state index contributed by atoms with van der Waals surface area (Å²) in [6, 6.07) is 3.45. The lowest BCUT2D eigenvalue weighted by Gasteiger charge is -2.05. The number of carboxylic acids is 1. The summed E-state index contributed by atoms with van der Waals surface area (Å²) in [6.45, 7) is 0. The van der Waals surface area contributed by atoms with Gasteiger partial charge in [-0.25, -0.2) is 4.39 Å². The van der Waals surface area contributed by atoms with Crippen molar-refractivity contribution in [3.63, 3.8) is 0 Å². The maximum absolute atomic E-state index is 13.0. The van der Waals surface area contributed by atoms with Crippen LogP contribution in [0, 0.1) is 5.82 Å². The number of nitrogens with one attached hydrogen (secondary N) is 1. The highest BCUT2D eigenvalue weighted by atomic mass is 79.9. The maximum Gasteiger partial charge on any atom is 0.303 e. The van der Waals surface area contributed by atoms with Gasteiger partial charge in [0.05, 0.1) is 21.6 Å². The van der Waals surface area contributed by atoms with Crippen LogP contribution < -0.4 is 5.32 Å². The van der Waals surface area contributed by atoms with E-state index in [2.05, 4.69) is 42.3 Å². The Kier molecular flexibility index (Phi) is 6.31. The van der Waals surface area contributed by atoms with E-state index in [0.29, 0.717) is 0 Å². The molecule has 7 nitrogen and oxygen atoms in total. The van der Waals surface area contributed by atoms with Crippen molar-refractivity contribution in [2.45, 2.75) is 12.8 Å². The standard InChI is InChI=1S/C14H9Br2ClFN3O4/c15-11-12(14(25)19-8-2-1-6(18)5-7(8)17)20-21(13(11)16)9(22)3-4-10(23)24/h1-2,5H,3-4H2,(H,19,25)(H,23,24). The normalized spacial score (nSPS) is 10.6. The van der Waals surface area contributed by atoms with Crippen LogP contribution in [0.5, 0.6) is 0 Å². The summed E-state index contributed by atoms with van der Waals surface area (Å²) in [6.07, 6.45) is -0.650. The van der Waals surface area contributed by atoms with E-state index < -0.39 is 23.6 Å². The van der Waals surface area contributed by atoms with E-state index in [1.54, 1.807) is 0 Å². The number of hydrogen-bond donors (Lipinski definition) is 2. The summed E-state index contributed by atoms with van der Waals surface area (Å²) in [5.74, 6) is -2.97. The van der Waals surface area contributed by atoms with Gasteiger partial charge in [0, 0.05) is 6.42 Å². The number of amides is 1. The molecule has 0 saturated carbocycles. The van der Waals surface area contributed by atoms with Crippen molar-refractivity contribution in [3.8, 4) is 0 Å². The van der Waals surface area contributed by atoms with Crippen molar-refractivity contribution in [2.24, 2.45) is 0 Å². The lowest BCUT2D eigenvalue weighted by atomic mass is 10.3. The van der Waals surface area contributed by atoms with Crippen LogP contribution in [0.1, 0.15) is 28.1 Å². The van der Waals surface area contributed by atoms with Crippen LogP contribution in [-0.2, 0) is 4.79 Å². The van der Waals surface area contributed by atoms with Crippen molar-refractivity contribution < 1.29 is 23.9 Å². The Morgan fingerprint density at radius 1 is 1.28 bits per heavy atom. The minimum atomic E-state index is -1.13. The van der Waals surface area contributed by atoms with Crippen LogP contribution in [0.4, 0.5) is 10.1 Å². The minimum absolute atomic E-state index is 0.000468. The molecule has 1 aromatic carbocycles. The number of halogens is 4. The number of anilines is 1. The summed E-state index contributed by atoms with van der Waals surface area (Å²) in [7, 11) is 0. The summed E-state index contributed by atoms with van der Waals surface area (Å²) in [5.41, 5.74) is 0.0405. The van der Waals surface area contributed by atoms with Crippen LogP contribution in [-0.4, -0.2) is 32.7 Å². The second-order valence-corrected chi connectivity index (χ2v) is 6.68. The van der Waals surface area contributed by atoms with E-state index >= 15 is 0 Å². The Bertz CT molecular complexity index is 872. The molecule has 0 spiro atoms. The third-order valence-corrected chi connectivity index (χ3v) is 5.29. The third kappa shape index (κ3) is 4.65. The van der Waals surface area contributed by atoms with Gasteiger partial charge in [-0.1, -0.05) is 11.6 Å². The van der Waals surface area contributed by atoms with Gasteiger partial charge in [0.25, 0.3) is 5.91 Å². The number of rotatable bonds is 5. The fourth-order valence-electron chi connectivity index (χ4n) is 1.78. The van der Waals surface area contributed by atoms with E-state index in [1.165, 1.54) is 6.07 Å². The Balaban J connectivity index is 2.24. The zero-order valence-corrected chi connectivity index (χ0v) is 16.2. The predicted octanol–water partition coefficient (Wildman–Crippen LogP) is 3.96. The predicted molar refractivity (Wildman–Crippen MR) is 94.5 cm³/mol. The van der Waals surface area contributed by atoms with Crippen molar-refractivity contribution in [1.82, 2.24) is 9.78 Å². The molecule has 0 unspecified atom stereocenters. The van der Waals surface area contributed by atoms with Gasteiger partial charge in [-0.2, -0.15) is 9.78 Å². The van der Waals surface area contributed by atoms with Gasteiger partial charge in [0.2, 0.25) is 5.91 Å². The number of carbonyl (C=O) groups is 3. The van der Waals surface area contributed by atoms with Gasteiger partial charge in [0.15, 0.2) is 5.69 Å². The summed E-state index contributed by atoms with van der Waals surface area (Å²) in [4.78, 5) is 34.9. The molecule has 0 fully saturated rings. The number of hydrogen-bond acceptors (Lipinski definition) is 4. The van der Waals surface area contributed by atoms with E-state index in [9.17, 15) is 18.8 Å². The van der Waals surface area contributed by atoms with E-state index in [4.69, 9.17) is 16.7 Å². The van der Waals surface area contributed by atoms with Crippen LogP contribution in [0.25, 0.3) is 0 Å². The smallest absolute Gasteiger partial charge is 0.303 e. The first-order chi connectivity index (χ1) is 11.7. The highest BCUT2D eigenvalue weighted by Crippen LogP contribution is 2.29. The number of carboxylic acid groups (broad SMARTS) is 1. The largest absolute Gasteiger partial charge is 0.481 e. The van der Waals surface area contributed by atoms with Crippen LogP contribution in [0.15, 0.2) is 27.3 Å². The molecule has 11 heteroatoms. The molecule has 2 aromatic rings. The number of carbonyl (C=O) groups excluding carboxylic acids is 2. The van der Waals surface area contributed by atoms with Gasteiger partial charge >= 0.3 is 5.97 Å². The average molecular weight is 498 g/mol. The summed E-state index contributed by atoms with van der Waals surface area (Å²) >= 11 is 12.1. The molecule has 0 radical (unpaired) electrons. The SMILES string of the molecule is O=C(O)CCC(=O)n1nc(C(=O)Nc2ccc(F)cc2Cl)c(Br)c1Br. The first kappa shape index (κ1) is 19.5. The third-order valence-electron chi connectivity index (χ3n) is 2.96. The van der Waals surface area contributed by atoms with Crippen LogP contribution >= 0.6 is 43.5 Å². The highest BCUT2D eigenvalue weighted by Gasteiger charge is 2.24. The first-order valence-electron chi connectivity index (χ1n) is 6.66. The molecule has 0 atom stereocenters. The molecule has 0 aliphatic carbocycles. The zero-order valence-electron chi connectivity index (χ0n) is 12.2. The zero-order chi connectivity index (χ0) is 18.7. The minimum Gasteiger partial charge on any atom is -0.481 e. The second kappa shape index (κ2) is 8.07. The summed E-state index contributed by atoms with van der Waals surface area (Å²) < 4.78 is 14.3. The Morgan fingerprint density at radius 3 is 2.56 bits per heavy atom. The molecular weight excluding hydrogens is 488 g/mol. The van der Waals surface area contributed by atoms with Crippen molar-refractivity contribution in [3.05, 3.63) is 43.8 Å². The van der Waals surface area contributed by atoms with Crippen LogP contribution in [0.2, 0.25) is 5.02 Å². The molecule has 0 bridgehead atoms. The number of aromatic nitrogens is 2. The van der Waals surface area contributed by atoms with Crippen molar-refractivity contribution >= 4 is 66.9 Å². The molecule has 0 aliphatic rings. The average Bonchev–Trinajstić information content (AvgIpc) is 2.84. The Hall–Kier alpha value is -1.78. The monoisotopic (exact) mass is 495 g/mol. The van der Waals surface area contributed by atoms with E-state index in [0.717, 1.165) is 16.8 Å². The maximum atomic E-state index is 13.0. The molecule has 0 aliphatic heterocycles. The number of aliphatic carboxylic acids is 1. The molecule has 2 N–H and O–H groups in total. The first-order valence-corrected chi connectivity index (χ1v) is 8.62. The Labute approximate surface area is 162 Å². The lowest BCUT2D eigenvalue weighted by Crippen LogP contribution is -2.17. The van der Waals surface area contributed by atoms with E-state index in [1.807, 2.05) is 0 Å². The topological polar surface area (TPSA) is 101 Å². The highest BCUT2D eigenvalue weighted by molar-refractivity contribution is 9.13. The lowest BCUT2D eigenvalue weighted by molar-refractivity contribution is -0.137. The van der Waals surface area contributed by atoms with Gasteiger partial charge in [-0.3, -0.25) is 14.4 Å². The van der Waals surface area contributed by atoms with E-state index in [-0.39, 0.29) is 38.3 Å². The quantitative estimate of drug-likeness (QED) is 0.651. The molecule has 0 saturated heterocycles. The van der Waals surface area contributed by atoms with Crippen LogP contribution in [0.3, 0.4) is 0 Å². The number of nitrogens with zero attached hydrogens (tertiary/aromatic N) is 2. The summed E-state index contributed by atoms with van der Waals surface area (Å²) in [5, 5.41) is 15.0. The van der Waals surface area contributed by atoms with Crippen molar-refractivity contribution in [2.75, 3.05) is 5.32 Å². The fourth-order valence-corrected chi connectivity index (χ4v) is 2.89. The molecule has 1 heterocycles. The van der Waals surface area contributed by atoms with Gasteiger partial charge in [0.1, 0.15) is 10.4 Å². The number of benzene rings is 1.